The fourth-order valence-electron chi connectivity index (χ4n) is 1.93. The van der Waals surface area contributed by atoms with Crippen LogP contribution in [0.5, 0.6) is 0 Å². The number of nitrogens with zero attached hydrogens (tertiary/aromatic N) is 3. The van der Waals surface area contributed by atoms with Crippen molar-refractivity contribution in [3.05, 3.63) is 79.4 Å². The van der Waals surface area contributed by atoms with Crippen LogP contribution in [0.25, 0.3) is 16.5 Å². The van der Waals surface area contributed by atoms with E-state index >= 15 is 0 Å². The number of hydrogen-bond acceptors (Lipinski definition) is 2. The van der Waals surface area contributed by atoms with E-state index in [9.17, 15) is 0 Å². The zero-order valence-corrected chi connectivity index (χ0v) is 15.6. The van der Waals surface area contributed by atoms with Crippen molar-refractivity contribution in [2.75, 3.05) is 0 Å². The maximum absolute atomic E-state index is 4.93. The first-order valence-corrected chi connectivity index (χ1v) is 12.8. The van der Waals surface area contributed by atoms with E-state index in [4.69, 9.17) is 17.0 Å². The Balaban J connectivity index is 0.000000184. The SMILES string of the molecule is [Cl][Zr+2][Cl].c1cc[cH-]c1.c1ccc2[cH-]c(-n3cncn3)cc2c1. The average Bonchev–Trinajstić information content (AvgIpc) is 3.29. The van der Waals surface area contributed by atoms with Gasteiger partial charge in [-0.15, -0.1) is 41.1 Å². The zero-order valence-electron chi connectivity index (χ0n) is 11.6. The zero-order chi connectivity index (χ0) is 15.6. The summed E-state index contributed by atoms with van der Waals surface area (Å²) < 4.78 is 1.76. The first-order chi connectivity index (χ1) is 10.8. The molecule has 0 aliphatic carbocycles. The third-order valence-corrected chi connectivity index (χ3v) is 2.84. The molecule has 0 atom stereocenters. The van der Waals surface area contributed by atoms with Crippen LogP contribution in [0, 0.1) is 0 Å². The molecular weight excluding hydrogens is 396 g/mol. The van der Waals surface area contributed by atoms with E-state index < -0.39 is 20.8 Å². The van der Waals surface area contributed by atoms with Gasteiger partial charge in [-0.2, -0.15) is 23.3 Å². The van der Waals surface area contributed by atoms with Gasteiger partial charge in [0.15, 0.2) is 0 Å². The Kier molecular flexibility index (Phi) is 7.58. The van der Waals surface area contributed by atoms with Gasteiger partial charge >= 0.3 is 37.9 Å². The van der Waals surface area contributed by atoms with Gasteiger partial charge in [-0.05, 0) is 5.69 Å². The summed E-state index contributed by atoms with van der Waals surface area (Å²) in [6.07, 6.45) is 3.24. The van der Waals surface area contributed by atoms with E-state index in [1.807, 2.05) is 42.5 Å². The molecule has 0 amide bonds. The van der Waals surface area contributed by atoms with Crippen molar-refractivity contribution in [2.24, 2.45) is 0 Å². The molecule has 0 N–H and O–H groups in total. The molecule has 4 rings (SSSR count). The largest absolute Gasteiger partial charge is 0.240 e. The molecule has 0 aliphatic rings. The summed E-state index contributed by atoms with van der Waals surface area (Å²) in [6, 6.07) is 22.5. The molecule has 1 aromatic heterocycles. The van der Waals surface area contributed by atoms with Crippen LogP contribution in [0.3, 0.4) is 0 Å². The molecule has 0 fully saturated rings. The van der Waals surface area contributed by atoms with Gasteiger partial charge in [0.25, 0.3) is 0 Å². The summed E-state index contributed by atoms with van der Waals surface area (Å²) >= 11 is -0.826. The molecular formula is C16H13Cl2N3Zr. The standard InChI is InChI=1S/C11H8N3.C5H5.2ClH.Zr/c1-2-4-10-6-11(5-9(10)3-1)14-8-12-7-13-14;1-2-4-5-3-1;;;/h1-8H;1-5H;2*1H;/q2*-1;;;+4/p-2. The Morgan fingerprint density at radius 2 is 1.77 bits per heavy atom. The van der Waals surface area contributed by atoms with Crippen molar-refractivity contribution in [3.8, 4) is 5.69 Å². The van der Waals surface area contributed by atoms with Gasteiger partial charge in [-0.25, -0.2) is 21.8 Å². The predicted molar refractivity (Wildman–Crippen MR) is 88.2 cm³/mol. The van der Waals surface area contributed by atoms with Gasteiger partial charge in [-0.1, -0.05) is 6.07 Å². The van der Waals surface area contributed by atoms with E-state index in [1.54, 1.807) is 11.0 Å². The monoisotopic (exact) mass is 407 g/mol. The molecule has 0 saturated heterocycles. The van der Waals surface area contributed by atoms with Crippen LogP contribution >= 0.6 is 17.0 Å². The number of halogens is 2. The van der Waals surface area contributed by atoms with Crippen molar-refractivity contribution < 1.29 is 20.8 Å². The molecule has 4 aromatic rings. The quantitative estimate of drug-likeness (QED) is 0.418. The summed E-state index contributed by atoms with van der Waals surface area (Å²) in [6.45, 7) is 0. The molecule has 110 valence electrons. The minimum atomic E-state index is -0.826. The fourth-order valence-corrected chi connectivity index (χ4v) is 1.93. The maximum Gasteiger partial charge on any atom is 0.138 e. The van der Waals surface area contributed by atoms with Gasteiger partial charge in [0.2, 0.25) is 0 Å². The number of fused-ring (bicyclic) bond motifs is 1. The Morgan fingerprint density at radius 1 is 1.05 bits per heavy atom. The Labute approximate surface area is 147 Å². The normalized spacial score (nSPS) is 9.18. The van der Waals surface area contributed by atoms with Crippen LogP contribution in [-0.4, -0.2) is 14.8 Å². The van der Waals surface area contributed by atoms with E-state index in [0.717, 1.165) is 5.69 Å². The van der Waals surface area contributed by atoms with Gasteiger partial charge < -0.3 is 0 Å². The Morgan fingerprint density at radius 3 is 2.32 bits per heavy atom. The van der Waals surface area contributed by atoms with E-state index in [0.29, 0.717) is 0 Å². The van der Waals surface area contributed by atoms with Crippen LogP contribution in [0.1, 0.15) is 0 Å². The summed E-state index contributed by atoms with van der Waals surface area (Å²) in [5.74, 6) is 0. The van der Waals surface area contributed by atoms with Crippen LogP contribution in [0.2, 0.25) is 0 Å². The van der Waals surface area contributed by atoms with Crippen molar-refractivity contribution >= 4 is 27.8 Å². The molecule has 0 saturated carbocycles. The molecule has 0 radical (unpaired) electrons. The van der Waals surface area contributed by atoms with Gasteiger partial charge in [0.05, 0.1) is 0 Å². The van der Waals surface area contributed by atoms with E-state index in [2.05, 4.69) is 34.3 Å². The van der Waals surface area contributed by atoms with Gasteiger partial charge in [0, 0.05) is 0 Å². The second-order valence-electron chi connectivity index (χ2n) is 4.22. The van der Waals surface area contributed by atoms with Crippen LogP contribution in [0.4, 0.5) is 0 Å². The summed E-state index contributed by atoms with van der Waals surface area (Å²) in [5, 5.41) is 6.56. The molecule has 6 heteroatoms. The molecule has 3 nitrogen and oxygen atoms in total. The number of hydrogen-bond donors (Lipinski definition) is 0. The first kappa shape index (κ1) is 17.1. The van der Waals surface area contributed by atoms with Crippen LogP contribution in [-0.2, 0) is 20.8 Å². The van der Waals surface area contributed by atoms with Crippen molar-refractivity contribution in [2.45, 2.75) is 0 Å². The second-order valence-corrected chi connectivity index (χ2v) is 7.95. The fraction of sp³-hybridized carbons (Fsp3) is 0. The molecule has 0 spiro atoms. The molecule has 22 heavy (non-hydrogen) atoms. The van der Waals surface area contributed by atoms with Crippen molar-refractivity contribution in [1.29, 1.82) is 0 Å². The van der Waals surface area contributed by atoms with Crippen molar-refractivity contribution in [3.63, 3.8) is 0 Å². The van der Waals surface area contributed by atoms with Crippen LogP contribution < -0.4 is 0 Å². The molecule has 0 aliphatic heterocycles. The van der Waals surface area contributed by atoms with Crippen LogP contribution in [0.15, 0.2) is 79.4 Å². The first-order valence-electron chi connectivity index (χ1n) is 6.48. The van der Waals surface area contributed by atoms with Gasteiger partial charge in [0.1, 0.15) is 12.7 Å². The average molecular weight is 409 g/mol. The third kappa shape index (κ3) is 5.20. The molecule has 0 bridgehead atoms. The summed E-state index contributed by atoms with van der Waals surface area (Å²) in [5.41, 5.74) is 1.06. The third-order valence-electron chi connectivity index (χ3n) is 2.84. The van der Waals surface area contributed by atoms with E-state index in [-0.39, 0.29) is 0 Å². The Bertz CT molecular complexity index is 699. The minimum Gasteiger partial charge on any atom is -0.240 e. The predicted octanol–water partition coefficient (Wildman–Crippen LogP) is 4.92. The molecule has 0 unspecified atom stereocenters. The summed E-state index contributed by atoms with van der Waals surface area (Å²) in [4.78, 5) is 3.92. The molecule has 3 aromatic carbocycles. The van der Waals surface area contributed by atoms with Crippen molar-refractivity contribution in [1.82, 2.24) is 14.8 Å². The molecule has 1 heterocycles. The van der Waals surface area contributed by atoms with E-state index in [1.165, 1.54) is 17.1 Å². The minimum absolute atomic E-state index is 0.826. The summed E-state index contributed by atoms with van der Waals surface area (Å²) in [7, 11) is 9.87. The topological polar surface area (TPSA) is 30.7 Å². The maximum atomic E-state index is 4.93. The van der Waals surface area contributed by atoms with Gasteiger partial charge in [-0.3, -0.25) is 0 Å². The number of aromatic nitrogens is 3. The number of benzene rings is 1. The smallest absolute Gasteiger partial charge is 0.138 e. The second kappa shape index (κ2) is 9.73. The number of rotatable bonds is 1. The Hall–Kier alpha value is -1.22.